The van der Waals surface area contributed by atoms with Crippen molar-refractivity contribution in [3.63, 3.8) is 0 Å². The molecule has 92 valence electrons. The number of ether oxygens (including phenoxy) is 1. The Morgan fingerprint density at radius 2 is 2.47 bits per heavy atom. The molecule has 0 radical (unpaired) electrons. The van der Waals surface area contributed by atoms with Crippen molar-refractivity contribution in [3.05, 3.63) is 12.2 Å². The van der Waals surface area contributed by atoms with Crippen molar-refractivity contribution < 1.29 is 19.4 Å². The lowest BCUT2D eigenvalue weighted by atomic mass is 9.64. The Morgan fingerprint density at radius 3 is 2.94 bits per heavy atom. The molecule has 1 N–H and O–H groups in total. The molecule has 0 aromatic rings. The van der Waals surface area contributed by atoms with Gasteiger partial charge in [0.2, 0.25) is 0 Å². The van der Waals surface area contributed by atoms with E-state index in [1.165, 1.54) is 13.2 Å². The highest BCUT2D eigenvalue weighted by Crippen LogP contribution is 2.41. The Hall–Kier alpha value is -1.60. The van der Waals surface area contributed by atoms with Gasteiger partial charge >= 0.3 is 5.97 Å². The molecule has 1 aliphatic carbocycles. The number of methoxy groups -OCH3 is 1. The third-order valence-electron chi connectivity index (χ3n) is 3.24. The molecular formula is C13H16O4. The normalized spacial score (nSPS) is 29.5. The lowest BCUT2D eigenvalue weighted by molar-refractivity contribution is -0.164. The predicted octanol–water partition coefficient (Wildman–Crippen LogP) is 0.695. The van der Waals surface area contributed by atoms with Crippen LogP contribution in [0, 0.1) is 23.7 Å². The molecular weight excluding hydrogens is 220 g/mol. The summed E-state index contributed by atoms with van der Waals surface area (Å²) in [6, 6.07) is 0. The minimum absolute atomic E-state index is 0.0571. The second kappa shape index (κ2) is 5.15. The number of carbonyl (C=O) groups excluding carboxylic acids is 2. The maximum absolute atomic E-state index is 12.0. The summed E-state index contributed by atoms with van der Waals surface area (Å²) in [6.07, 6.45) is 7.80. The van der Waals surface area contributed by atoms with Crippen LogP contribution >= 0.6 is 0 Å². The van der Waals surface area contributed by atoms with Crippen LogP contribution in [0.4, 0.5) is 0 Å². The molecule has 1 aliphatic rings. The highest BCUT2D eigenvalue weighted by molar-refractivity contribution is 6.10. The van der Waals surface area contributed by atoms with Crippen molar-refractivity contribution in [3.8, 4) is 12.3 Å². The van der Waals surface area contributed by atoms with Crippen LogP contribution in [0.15, 0.2) is 12.2 Å². The number of allylic oxidation sites excluding steroid dienone is 2. The molecule has 0 aromatic carbocycles. The molecule has 0 amide bonds. The molecule has 3 atom stereocenters. The van der Waals surface area contributed by atoms with E-state index < -0.39 is 23.4 Å². The van der Waals surface area contributed by atoms with Gasteiger partial charge in [0.25, 0.3) is 0 Å². The molecule has 0 saturated carbocycles. The number of hydrogen-bond donors (Lipinski definition) is 1. The zero-order valence-corrected chi connectivity index (χ0v) is 9.97. The molecule has 4 nitrogen and oxygen atoms in total. The van der Waals surface area contributed by atoms with Gasteiger partial charge < -0.3 is 9.84 Å². The lowest BCUT2D eigenvalue weighted by Gasteiger charge is -2.38. The molecule has 0 aliphatic heterocycles. The summed E-state index contributed by atoms with van der Waals surface area (Å²) in [5, 5.41) is 9.74. The minimum Gasteiger partial charge on any atom is -0.468 e. The van der Waals surface area contributed by atoms with Gasteiger partial charge in [-0.05, 0) is 19.4 Å². The predicted molar refractivity (Wildman–Crippen MR) is 61.8 cm³/mol. The van der Waals surface area contributed by atoms with Crippen LogP contribution < -0.4 is 0 Å². The van der Waals surface area contributed by atoms with Crippen molar-refractivity contribution in [2.75, 3.05) is 7.11 Å². The minimum atomic E-state index is -1.44. The SMILES string of the molecule is C#CC[C@]1(C(=O)OC)C(=O)C=CC[C@H]1[C@@H](C)O. The second-order valence-electron chi connectivity index (χ2n) is 4.19. The van der Waals surface area contributed by atoms with Crippen LogP contribution in [0.1, 0.15) is 19.8 Å². The monoisotopic (exact) mass is 236 g/mol. The zero-order valence-electron chi connectivity index (χ0n) is 9.97. The third-order valence-corrected chi connectivity index (χ3v) is 3.24. The molecule has 1 rings (SSSR count). The number of esters is 1. The molecule has 0 fully saturated rings. The number of rotatable bonds is 3. The van der Waals surface area contributed by atoms with Crippen molar-refractivity contribution in [2.24, 2.45) is 11.3 Å². The van der Waals surface area contributed by atoms with Crippen LogP contribution in [-0.2, 0) is 14.3 Å². The van der Waals surface area contributed by atoms with Gasteiger partial charge in [-0.15, -0.1) is 12.3 Å². The average Bonchev–Trinajstić information content (AvgIpc) is 2.30. The first-order chi connectivity index (χ1) is 8.00. The van der Waals surface area contributed by atoms with Crippen molar-refractivity contribution in [1.29, 1.82) is 0 Å². The molecule has 0 bridgehead atoms. The van der Waals surface area contributed by atoms with E-state index in [9.17, 15) is 14.7 Å². The fraction of sp³-hybridized carbons (Fsp3) is 0.538. The molecule has 0 unspecified atom stereocenters. The topological polar surface area (TPSA) is 63.6 Å². The van der Waals surface area contributed by atoms with E-state index in [0.717, 1.165) is 0 Å². The summed E-state index contributed by atoms with van der Waals surface area (Å²) in [5.74, 6) is 0.744. The van der Waals surface area contributed by atoms with E-state index in [0.29, 0.717) is 6.42 Å². The second-order valence-corrected chi connectivity index (χ2v) is 4.19. The molecule has 0 saturated heterocycles. The number of aliphatic hydroxyl groups is 1. The van der Waals surface area contributed by atoms with Crippen LogP contribution in [0.2, 0.25) is 0 Å². The van der Waals surface area contributed by atoms with Gasteiger partial charge in [-0.1, -0.05) is 6.08 Å². The summed E-state index contributed by atoms with van der Waals surface area (Å²) in [5.41, 5.74) is -1.44. The highest BCUT2D eigenvalue weighted by Gasteiger charge is 2.54. The van der Waals surface area contributed by atoms with E-state index in [1.54, 1.807) is 13.0 Å². The number of ketones is 1. The van der Waals surface area contributed by atoms with Crippen molar-refractivity contribution in [1.82, 2.24) is 0 Å². The lowest BCUT2D eigenvalue weighted by Crippen LogP contribution is -2.50. The van der Waals surface area contributed by atoms with Gasteiger partial charge in [-0.25, -0.2) is 0 Å². The number of aliphatic hydroxyl groups excluding tert-OH is 1. The molecule has 4 heteroatoms. The van der Waals surface area contributed by atoms with Gasteiger partial charge in [-0.2, -0.15) is 0 Å². The fourth-order valence-electron chi connectivity index (χ4n) is 2.35. The molecule has 0 aromatic heterocycles. The largest absolute Gasteiger partial charge is 0.468 e. The van der Waals surface area contributed by atoms with Gasteiger partial charge in [-0.3, -0.25) is 9.59 Å². The quantitative estimate of drug-likeness (QED) is 0.445. The zero-order chi connectivity index (χ0) is 13.1. The van der Waals surface area contributed by atoms with Gasteiger partial charge in [0.05, 0.1) is 13.2 Å². The van der Waals surface area contributed by atoms with Crippen LogP contribution in [-0.4, -0.2) is 30.1 Å². The highest BCUT2D eigenvalue weighted by atomic mass is 16.5. The maximum atomic E-state index is 12.0. The van der Waals surface area contributed by atoms with Gasteiger partial charge in [0.15, 0.2) is 5.78 Å². The standard InChI is InChI=1S/C13H16O4/c1-4-8-13(12(16)17-3)10(9(2)14)6-5-7-11(13)15/h1,5,7,9-10,14H,6,8H2,2-3H3/t9-,10+,13-/m1/s1. The molecule has 0 spiro atoms. The average molecular weight is 236 g/mol. The Kier molecular flexibility index (Phi) is 4.08. The number of hydrogen-bond acceptors (Lipinski definition) is 4. The van der Waals surface area contributed by atoms with E-state index >= 15 is 0 Å². The third kappa shape index (κ3) is 2.11. The fourth-order valence-corrected chi connectivity index (χ4v) is 2.35. The summed E-state index contributed by atoms with van der Waals surface area (Å²) < 4.78 is 4.70. The first kappa shape index (κ1) is 13.5. The van der Waals surface area contributed by atoms with Crippen molar-refractivity contribution in [2.45, 2.75) is 25.9 Å². The smallest absolute Gasteiger partial charge is 0.321 e. The first-order valence-electron chi connectivity index (χ1n) is 5.41. The first-order valence-corrected chi connectivity index (χ1v) is 5.41. The Morgan fingerprint density at radius 1 is 1.82 bits per heavy atom. The Labute approximate surface area is 101 Å². The number of carbonyl (C=O) groups is 2. The molecule has 0 heterocycles. The summed E-state index contributed by atoms with van der Waals surface area (Å²) >= 11 is 0. The van der Waals surface area contributed by atoms with Gasteiger partial charge in [0.1, 0.15) is 5.41 Å². The van der Waals surface area contributed by atoms with Crippen molar-refractivity contribution >= 4 is 11.8 Å². The van der Waals surface area contributed by atoms with E-state index in [4.69, 9.17) is 11.2 Å². The van der Waals surface area contributed by atoms with Crippen LogP contribution in [0.5, 0.6) is 0 Å². The number of terminal acetylenes is 1. The summed E-state index contributed by atoms with van der Waals surface area (Å²) in [4.78, 5) is 23.9. The van der Waals surface area contributed by atoms with Gasteiger partial charge in [0, 0.05) is 12.3 Å². The Balaban J connectivity index is 3.30. The van der Waals surface area contributed by atoms with E-state index in [1.807, 2.05) is 0 Å². The Bertz CT molecular complexity index is 389. The van der Waals surface area contributed by atoms with Crippen LogP contribution in [0.3, 0.4) is 0 Å². The molecule has 17 heavy (non-hydrogen) atoms. The van der Waals surface area contributed by atoms with Crippen LogP contribution in [0.25, 0.3) is 0 Å². The van der Waals surface area contributed by atoms with E-state index in [-0.39, 0.29) is 12.2 Å². The summed E-state index contributed by atoms with van der Waals surface area (Å²) in [6.45, 7) is 1.55. The summed E-state index contributed by atoms with van der Waals surface area (Å²) in [7, 11) is 1.21. The maximum Gasteiger partial charge on any atom is 0.321 e. The van der Waals surface area contributed by atoms with E-state index in [2.05, 4.69) is 5.92 Å².